The summed E-state index contributed by atoms with van der Waals surface area (Å²) in [5, 5.41) is 14.2. The molecule has 1 rings (SSSR count). The van der Waals surface area contributed by atoms with Gasteiger partial charge in [-0.25, -0.2) is 4.79 Å². The molecule has 0 aromatic heterocycles. The number of aliphatic carboxylic acids is 1. The molecule has 1 aliphatic heterocycles. The Labute approximate surface area is 112 Å². The predicted octanol–water partition coefficient (Wildman–Crippen LogP) is 0.0172. The van der Waals surface area contributed by atoms with Crippen molar-refractivity contribution in [1.29, 1.82) is 0 Å². The molecule has 1 fully saturated rings. The van der Waals surface area contributed by atoms with Crippen LogP contribution in [0.15, 0.2) is 0 Å². The summed E-state index contributed by atoms with van der Waals surface area (Å²) < 4.78 is 0. The quantitative estimate of drug-likeness (QED) is 0.671. The smallest absolute Gasteiger partial charge is 0.318 e. The number of hydrogen-bond acceptors (Lipinski definition) is 3. The highest BCUT2D eigenvalue weighted by atomic mass is 16.4. The molecule has 1 unspecified atom stereocenters. The number of amides is 3. The molecule has 19 heavy (non-hydrogen) atoms. The van der Waals surface area contributed by atoms with Crippen molar-refractivity contribution in [2.45, 2.75) is 32.7 Å². The minimum Gasteiger partial charge on any atom is -0.481 e. The molecular weight excluding hydrogens is 250 g/mol. The van der Waals surface area contributed by atoms with Crippen LogP contribution in [0.4, 0.5) is 4.79 Å². The van der Waals surface area contributed by atoms with Crippen molar-refractivity contribution in [2.75, 3.05) is 19.6 Å². The summed E-state index contributed by atoms with van der Waals surface area (Å²) in [6, 6.07) is -0.812. The van der Waals surface area contributed by atoms with Gasteiger partial charge in [0.1, 0.15) is 6.54 Å². The van der Waals surface area contributed by atoms with E-state index in [1.807, 2.05) is 13.8 Å². The fourth-order valence-corrected chi connectivity index (χ4v) is 1.87. The summed E-state index contributed by atoms with van der Waals surface area (Å²) in [5.41, 5.74) is 0. The lowest BCUT2D eigenvalue weighted by Crippen LogP contribution is -2.49. The van der Waals surface area contributed by atoms with Crippen LogP contribution in [0, 0.1) is 5.92 Å². The molecule has 108 valence electrons. The molecule has 0 saturated carbocycles. The number of urea groups is 1. The molecule has 3 N–H and O–H groups in total. The van der Waals surface area contributed by atoms with Crippen LogP contribution in [-0.4, -0.2) is 53.6 Å². The second-order valence-electron chi connectivity index (χ2n) is 5.02. The Balaban J connectivity index is 2.59. The Kier molecular flexibility index (Phi) is 5.59. The molecule has 0 aromatic carbocycles. The molecule has 1 aliphatic rings. The normalized spacial score (nSPS) is 17.6. The number of nitrogens with zero attached hydrogens (tertiary/aromatic N) is 1. The van der Waals surface area contributed by atoms with Crippen LogP contribution >= 0.6 is 0 Å². The summed E-state index contributed by atoms with van der Waals surface area (Å²) >= 11 is 0. The average molecular weight is 271 g/mol. The number of rotatable bonds is 4. The van der Waals surface area contributed by atoms with Crippen molar-refractivity contribution in [3.8, 4) is 0 Å². The third kappa shape index (κ3) is 5.15. The molecule has 3 amide bonds. The summed E-state index contributed by atoms with van der Waals surface area (Å²) in [5.74, 6) is -1.12. The largest absolute Gasteiger partial charge is 0.481 e. The van der Waals surface area contributed by atoms with E-state index in [-0.39, 0.29) is 30.8 Å². The first-order valence-electron chi connectivity index (χ1n) is 6.44. The number of carboxylic acid groups (broad SMARTS) is 1. The summed E-state index contributed by atoms with van der Waals surface area (Å²) in [6.45, 7) is 4.77. The summed E-state index contributed by atoms with van der Waals surface area (Å²) in [4.78, 5) is 35.6. The number of carbonyl (C=O) groups is 3. The zero-order valence-corrected chi connectivity index (χ0v) is 11.3. The maximum absolute atomic E-state index is 12.0. The maximum atomic E-state index is 12.0. The molecule has 0 spiro atoms. The fraction of sp³-hybridized carbons (Fsp3) is 0.750. The Morgan fingerprint density at radius 1 is 1.47 bits per heavy atom. The zero-order valence-electron chi connectivity index (χ0n) is 11.3. The van der Waals surface area contributed by atoms with E-state index in [0.29, 0.717) is 19.5 Å². The highest BCUT2D eigenvalue weighted by molar-refractivity contribution is 5.84. The Morgan fingerprint density at radius 3 is 2.74 bits per heavy atom. The second kappa shape index (κ2) is 6.96. The number of carboxylic acids is 1. The van der Waals surface area contributed by atoms with Crippen LogP contribution in [0.5, 0.6) is 0 Å². The van der Waals surface area contributed by atoms with E-state index in [1.165, 1.54) is 4.90 Å². The van der Waals surface area contributed by atoms with Crippen LogP contribution in [-0.2, 0) is 9.59 Å². The van der Waals surface area contributed by atoms with Gasteiger partial charge < -0.3 is 20.6 Å². The predicted molar refractivity (Wildman–Crippen MR) is 68.6 cm³/mol. The minimum atomic E-state index is -0.951. The van der Waals surface area contributed by atoms with Gasteiger partial charge in [-0.05, 0) is 12.3 Å². The van der Waals surface area contributed by atoms with E-state index in [1.54, 1.807) is 0 Å². The Hall–Kier alpha value is -1.79. The van der Waals surface area contributed by atoms with Crippen LogP contribution in [0.2, 0.25) is 0 Å². The Bertz CT molecular complexity index is 357. The zero-order chi connectivity index (χ0) is 14.4. The topological polar surface area (TPSA) is 98.7 Å². The van der Waals surface area contributed by atoms with Gasteiger partial charge >= 0.3 is 12.0 Å². The van der Waals surface area contributed by atoms with Crippen LogP contribution in [0.3, 0.4) is 0 Å². The van der Waals surface area contributed by atoms with Gasteiger partial charge in [-0.3, -0.25) is 9.59 Å². The van der Waals surface area contributed by atoms with Gasteiger partial charge in [0, 0.05) is 19.1 Å². The van der Waals surface area contributed by atoms with E-state index < -0.39 is 12.0 Å². The SMILES string of the molecule is CC(C)C(CC(=O)O)NC(=O)N1CCCNC(=O)C1. The van der Waals surface area contributed by atoms with Gasteiger partial charge in [-0.15, -0.1) is 0 Å². The average Bonchev–Trinajstić information content (AvgIpc) is 2.52. The lowest BCUT2D eigenvalue weighted by molar-refractivity contribution is -0.137. The molecule has 0 radical (unpaired) electrons. The molecular formula is C12H21N3O4. The lowest BCUT2D eigenvalue weighted by Gasteiger charge is -2.26. The first-order valence-corrected chi connectivity index (χ1v) is 6.44. The highest BCUT2D eigenvalue weighted by Crippen LogP contribution is 2.07. The van der Waals surface area contributed by atoms with Gasteiger partial charge in [-0.1, -0.05) is 13.8 Å². The van der Waals surface area contributed by atoms with Gasteiger partial charge in [0.15, 0.2) is 0 Å². The number of nitrogens with one attached hydrogen (secondary N) is 2. The van der Waals surface area contributed by atoms with Crippen LogP contribution < -0.4 is 10.6 Å². The van der Waals surface area contributed by atoms with E-state index in [9.17, 15) is 14.4 Å². The van der Waals surface area contributed by atoms with Crippen LogP contribution in [0.25, 0.3) is 0 Å². The number of carbonyl (C=O) groups excluding carboxylic acids is 2. The highest BCUT2D eigenvalue weighted by Gasteiger charge is 2.24. The van der Waals surface area contributed by atoms with Crippen molar-refractivity contribution < 1.29 is 19.5 Å². The van der Waals surface area contributed by atoms with Crippen molar-refractivity contribution in [3.63, 3.8) is 0 Å². The van der Waals surface area contributed by atoms with E-state index in [0.717, 1.165) is 0 Å². The second-order valence-corrected chi connectivity index (χ2v) is 5.02. The Morgan fingerprint density at radius 2 is 2.16 bits per heavy atom. The monoisotopic (exact) mass is 271 g/mol. The van der Waals surface area contributed by atoms with E-state index in [2.05, 4.69) is 10.6 Å². The molecule has 1 heterocycles. The molecule has 0 bridgehead atoms. The fourth-order valence-electron chi connectivity index (χ4n) is 1.87. The molecule has 7 nitrogen and oxygen atoms in total. The maximum Gasteiger partial charge on any atom is 0.318 e. The number of hydrogen-bond donors (Lipinski definition) is 3. The summed E-state index contributed by atoms with van der Waals surface area (Å²) in [7, 11) is 0. The van der Waals surface area contributed by atoms with Crippen molar-refractivity contribution in [1.82, 2.24) is 15.5 Å². The minimum absolute atomic E-state index is 0.0147. The molecule has 0 aromatic rings. The van der Waals surface area contributed by atoms with Gasteiger partial charge in [0.2, 0.25) is 5.91 Å². The molecule has 7 heteroatoms. The van der Waals surface area contributed by atoms with Gasteiger partial charge in [-0.2, -0.15) is 0 Å². The molecule has 1 atom stereocenters. The first kappa shape index (κ1) is 15.3. The molecule has 0 aliphatic carbocycles. The van der Waals surface area contributed by atoms with Crippen LogP contribution in [0.1, 0.15) is 26.7 Å². The van der Waals surface area contributed by atoms with Gasteiger partial charge in [0.05, 0.1) is 6.42 Å². The van der Waals surface area contributed by atoms with E-state index in [4.69, 9.17) is 5.11 Å². The van der Waals surface area contributed by atoms with E-state index >= 15 is 0 Å². The van der Waals surface area contributed by atoms with Gasteiger partial charge in [0.25, 0.3) is 0 Å². The standard InChI is InChI=1S/C12H21N3O4/c1-8(2)9(6-11(17)18)14-12(19)15-5-3-4-13-10(16)7-15/h8-9H,3-7H2,1-2H3,(H,13,16)(H,14,19)(H,17,18). The van der Waals surface area contributed by atoms with Crippen molar-refractivity contribution >= 4 is 17.9 Å². The lowest BCUT2D eigenvalue weighted by atomic mass is 10.0. The van der Waals surface area contributed by atoms with Crippen molar-refractivity contribution in [2.24, 2.45) is 5.92 Å². The summed E-state index contributed by atoms with van der Waals surface area (Å²) in [6.07, 6.45) is 0.577. The van der Waals surface area contributed by atoms with Crippen molar-refractivity contribution in [3.05, 3.63) is 0 Å². The molecule has 1 saturated heterocycles. The third-order valence-corrected chi connectivity index (χ3v) is 3.06. The first-order chi connectivity index (χ1) is 8.90. The third-order valence-electron chi connectivity index (χ3n) is 3.06.